The highest BCUT2D eigenvalue weighted by Crippen LogP contribution is 1.94. The molecule has 4 nitrogen and oxygen atoms in total. The number of pyridine rings is 1. The van der Waals surface area contributed by atoms with Gasteiger partial charge in [0.15, 0.2) is 0 Å². The minimum Gasteiger partial charge on any atom is -0.287 e. The monoisotopic (exact) mass is 207 g/mol. The zero-order chi connectivity index (χ0) is 10.9. The fourth-order valence-electron chi connectivity index (χ4n) is 1.18. The molecule has 0 radical (unpaired) electrons. The van der Waals surface area contributed by atoms with Gasteiger partial charge in [-0.15, -0.1) is 0 Å². The minimum absolute atomic E-state index is 0.117. The first kappa shape index (κ1) is 11.7. The van der Waals surface area contributed by atoms with Gasteiger partial charge in [-0.25, -0.2) is 5.43 Å². The number of hydrogen-bond acceptors (Lipinski definition) is 3. The number of nitrogens with one attached hydrogen (secondary N) is 2. The van der Waals surface area contributed by atoms with E-state index >= 15 is 0 Å². The summed E-state index contributed by atoms with van der Waals surface area (Å²) in [6.07, 6.45) is 6.64. The highest BCUT2D eigenvalue weighted by Gasteiger charge is 2.02. The smallest absolute Gasteiger partial charge is 0.265 e. The number of nitrogens with zero attached hydrogens (tertiary/aromatic N) is 1. The van der Waals surface area contributed by atoms with Crippen LogP contribution in [0.25, 0.3) is 0 Å². The largest absolute Gasteiger partial charge is 0.287 e. The van der Waals surface area contributed by atoms with Crippen LogP contribution in [0.3, 0.4) is 0 Å². The number of amides is 1. The number of unbranched alkanes of at least 4 members (excludes halogenated alkanes) is 2. The average Bonchev–Trinajstić information content (AvgIpc) is 2.30. The molecule has 0 bridgehead atoms. The molecular formula is C11H17N3O. The third-order valence-electron chi connectivity index (χ3n) is 2.05. The lowest BCUT2D eigenvalue weighted by Crippen LogP contribution is -2.37. The quantitative estimate of drug-likeness (QED) is 0.549. The van der Waals surface area contributed by atoms with E-state index in [9.17, 15) is 4.79 Å². The number of hydrazine groups is 1. The molecule has 0 fully saturated rings. The van der Waals surface area contributed by atoms with Crippen LogP contribution in [-0.2, 0) is 0 Å². The Kier molecular flexibility index (Phi) is 5.40. The molecule has 0 aliphatic rings. The molecule has 0 saturated heterocycles. The normalized spacial score (nSPS) is 9.93. The van der Waals surface area contributed by atoms with Crippen molar-refractivity contribution in [2.45, 2.75) is 26.2 Å². The maximum Gasteiger partial charge on any atom is 0.265 e. The molecule has 0 aliphatic heterocycles. The lowest BCUT2D eigenvalue weighted by Gasteiger charge is -2.06. The molecule has 2 N–H and O–H groups in total. The van der Waals surface area contributed by atoms with Crippen molar-refractivity contribution in [2.75, 3.05) is 6.54 Å². The Morgan fingerprint density at radius 2 is 2.07 bits per heavy atom. The molecule has 1 aromatic rings. The Balaban J connectivity index is 2.20. The zero-order valence-corrected chi connectivity index (χ0v) is 8.99. The molecule has 0 atom stereocenters. The fourth-order valence-corrected chi connectivity index (χ4v) is 1.18. The van der Waals surface area contributed by atoms with E-state index in [1.807, 2.05) is 0 Å². The fraction of sp³-hybridized carbons (Fsp3) is 0.455. The summed E-state index contributed by atoms with van der Waals surface area (Å²) in [4.78, 5) is 15.3. The van der Waals surface area contributed by atoms with Gasteiger partial charge in [-0.3, -0.25) is 15.2 Å². The molecule has 15 heavy (non-hydrogen) atoms. The summed E-state index contributed by atoms with van der Waals surface area (Å²) < 4.78 is 0. The van der Waals surface area contributed by atoms with Crippen LogP contribution in [0.5, 0.6) is 0 Å². The van der Waals surface area contributed by atoms with Crippen LogP contribution >= 0.6 is 0 Å². The Morgan fingerprint density at radius 1 is 1.33 bits per heavy atom. The summed E-state index contributed by atoms with van der Waals surface area (Å²) >= 11 is 0. The second-order valence-corrected chi connectivity index (χ2v) is 3.32. The van der Waals surface area contributed by atoms with Crippen molar-refractivity contribution in [3.63, 3.8) is 0 Å². The third kappa shape index (κ3) is 4.56. The summed E-state index contributed by atoms with van der Waals surface area (Å²) in [7, 11) is 0. The first-order valence-electron chi connectivity index (χ1n) is 5.28. The van der Waals surface area contributed by atoms with Crippen LogP contribution in [0.15, 0.2) is 24.5 Å². The molecule has 1 heterocycles. The van der Waals surface area contributed by atoms with Gasteiger partial charge in [0, 0.05) is 24.5 Å². The Morgan fingerprint density at radius 3 is 2.73 bits per heavy atom. The van der Waals surface area contributed by atoms with Gasteiger partial charge in [-0.05, 0) is 18.6 Å². The summed E-state index contributed by atoms with van der Waals surface area (Å²) in [6.45, 7) is 2.96. The topological polar surface area (TPSA) is 54.0 Å². The number of carbonyl (C=O) groups is 1. The van der Waals surface area contributed by atoms with Gasteiger partial charge < -0.3 is 0 Å². The second-order valence-electron chi connectivity index (χ2n) is 3.32. The predicted octanol–water partition coefficient (Wildman–Crippen LogP) is 1.51. The van der Waals surface area contributed by atoms with E-state index in [1.54, 1.807) is 24.5 Å². The SMILES string of the molecule is CCCCCNNC(=O)c1ccncc1. The highest BCUT2D eigenvalue weighted by atomic mass is 16.2. The van der Waals surface area contributed by atoms with E-state index in [0.29, 0.717) is 5.56 Å². The average molecular weight is 207 g/mol. The second kappa shape index (κ2) is 6.95. The van der Waals surface area contributed by atoms with E-state index in [-0.39, 0.29) is 5.91 Å². The van der Waals surface area contributed by atoms with Gasteiger partial charge in [0.2, 0.25) is 0 Å². The molecular weight excluding hydrogens is 190 g/mol. The molecule has 0 saturated carbocycles. The maximum absolute atomic E-state index is 11.5. The van der Waals surface area contributed by atoms with E-state index < -0.39 is 0 Å². The first-order chi connectivity index (χ1) is 7.34. The third-order valence-corrected chi connectivity index (χ3v) is 2.05. The standard InChI is InChI=1S/C11H17N3O/c1-2-3-4-7-13-14-11(15)10-5-8-12-9-6-10/h5-6,8-9,13H,2-4,7H2,1H3,(H,14,15). The van der Waals surface area contributed by atoms with E-state index in [0.717, 1.165) is 13.0 Å². The zero-order valence-electron chi connectivity index (χ0n) is 8.99. The van der Waals surface area contributed by atoms with Crippen molar-refractivity contribution >= 4 is 5.91 Å². The van der Waals surface area contributed by atoms with Gasteiger partial charge >= 0.3 is 0 Å². The number of rotatable bonds is 6. The molecule has 0 aromatic carbocycles. The molecule has 4 heteroatoms. The van der Waals surface area contributed by atoms with Gasteiger partial charge in [-0.2, -0.15) is 0 Å². The first-order valence-corrected chi connectivity index (χ1v) is 5.28. The van der Waals surface area contributed by atoms with E-state index in [4.69, 9.17) is 0 Å². The van der Waals surface area contributed by atoms with Crippen LogP contribution < -0.4 is 10.9 Å². The van der Waals surface area contributed by atoms with E-state index in [1.165, 1.54) is 12.8 Å². The molecule has 1 amide bonds. The predicted molar refractivity (Wildman–Crippen MR) is 59.2 cm³/mol. The van der Waals surface area contributed by atoms with Crippen LogP contribution in [0.2, 0.25) is 0 Å². The lowest BCUT2D eigenvalue weighted by atomic mass is 10.2. The van der Waals surface area contributed by atoms with Gasteiger partial charge in [0.1, 0.15) is 0 Å². The molecule has 1 rings (SSSR count). The number of aromatic nitrogens is 1. The lowest BCUT2D eigenvalue weighted by molar-refractivity contribution is 0.0933. The van der Waals surface area contributed by atoms with Crippen LogP contribution in [0, 0.1) is 0 Å². The van der Waals surface area contributed by atoms with Gasteiger partial charge in [0.25, 0.3) is 5.91 Å². The minimum atomic E-state index is -0.117. The van der Waals surface area contributed by atoms with Crippen molar-refractivity contribution < 1.29 is 4.79 Å². The van der Waals surface area contributed by atoms with Crippen molar-refractivity contribution in [3.8, 4) is 0 Å². The summed E-state index contributed by atoms with van der Waals surface area (Å²) in [5, 5.41) is 0. The maximum atomic E-state index is 11.5. The van der Waals surface area contributed by atoms with Crippen molar-refractivity contribution in [3.05, 3.63) is 30.1 Å². The molecule has 0 aliphatic carbocycles. The van der Waals surface area contributed by atoms with Crippen molar-refractivity contribution in [1.82, 2.24) is 15.8 Å². The summed E-state index contributed by atoms with van der Waals surface area (Å²) in [5.41, 5.74) is 6.16. The van der Waals surface area contributed by atoms with Crippen molar-refractivity contribution in [1.29, 1.82) is 0 Å². The van der Waals surface area contributed by atoms with E-state index in [2.05, 4.69) is 22.8 Å². The molecule has 82 valence electrons. The summed E-state index contributed by atoms with van der Waals surface area (Å²) in [5.74, 6) is -0.117. The molecule has 0 spiro atoms. The van der Waals surface area contributed by atoms with Crippen LogP contribution in [0.4, 0.5) is 0 Å². The Hall–Kier alpha value is -1.42. The molecule has 1 aromatic heterocycles. The summed E-state index contributed by atoms with van der Waals surface area (Å²) in [6, 6.07) is 3.37. The van der Waals surface area contributed by atoms with Crippen LogP contribution in [0.1, 0.15) is 36.5 Å². The number of carbonyl (C=O) groups excluding carboxylic acids is 1. The van der Waals surface area contributed by atoms with Crippen LogP contribution in [-0.4, -0.2) is 17.4 Å². The highest BCUT2D eigenvalue weighted by molar-refractivity contribution is 5.93. The Bertz CT molecular complexity index is 287. The van der Waals surface area contributed by atoms with Gasteiger partial charge in [-0.1, -0.05) is 19.8 Å². The molecule has 0 unspecified atom stereocenters. The van der Waals surface area contributed by atoms with Gasteiger partial charge in [0.05, 0.1) is 0 Å². The Labute approximate surface area is 90.1 Å². The van der Waals surface area contributed by atoms with Crippen molar-refractivity contribution in [2.24, 2.45) is 0 Å². The number of hydrogen-bond donors (Lipinski definition) is 2.